The van der Waals surface area contributed by atoms with Crippen LogP contribution >= 0.6 is 31.0 Å². The third kappa shape index (κ3) is 8.29. The minimum atomic E-state index is -5.84. The molecule has 42 heavy (non-hydrogen) atoms. The van der Waals surface area contributed by atoms with Gasteiger partial charge < -0.3 is 20.4 Å². The number of hydrogen-bond acceptors (Lipinski definition) is 7. The number of hydrazine groups is 1. The van der Waals surface area contributed by atoms with Crippen LogP contribution in [0.3, 0.4) is 0 Å². The van der Waals surface area contributed by atoms with Crippen LogP contribution in [-0.2, 0) is 32.7 Å². The molecule has 0 aliphatic carbocycles. The Morgan fingerprint density at radius 2 is 1.86 bits per heavy atom. The largest absolute Gasteiger partial charge is 0.399 e. The van der Waals surface area contributed by atoms with Gasteiger partial charge in [0.05, 0.1) is 29.6 Å². The molecule has 0 bridgehead atoms. The minimum Gasteiger partial charge on any atom is -0.350 e. The van der Waals surface area contributed by atoms with Crippen LogP contribution < -0.4 is 21.5 Å². The van der Waals surface area contributed by atoms with Gasteiger partial charge >= 0.3 is 13.3 Å². The molecule has 0 radical (unpaired) electrons. The van der Waals surface area contributed by atoms with Gasteiger partial charge in [0.2, 0.25) is 11.8 Å². The van der Waals surface area contributed by atoms with E-state index in [-0.39, 0.29) is 37.1 Å². The van der Waals surface area contributed by atoms with Gasteiger partial charge in [0.1, 0.15) is 0 Å². The van der Waals surface area contributed by atoms with E-state index in [1.54, 1.807) is 11.8 Å². The molecule has 10 nitrogen and oxygen atoms in total. The van der Waals surface area contributed by atoms with E-state index in [0.717, 1.165) is 50.3 Å². The van der Waals surface area contributed by atoms with E-state index in [0.29, 0.717) is 10.6 Å². The van der Waals surface area contributed by atoms with Crippen LogP contribution in [0.4, 0.5) is 14.5 Å². The Labute approximate surface area is 252 Å². The molecule has 4 rings (SSSR count). The van der Waals surface area contributed by atoms with Gasteiger partial charge in [-0.25, -0.2) is 10.9 Å². The Bertz CT molecular complexity index is 1320. The summed E-state index contributed by atoms with van der Waals surface area (Å²) in [6.45, 7) is 1.97. The minimum absolute atomic E-state index is 0.0551. The SMILES string of the molecule is CC(=O)Nc1cc(CCC(=O)NC2CSCCN3C(CCCc4ccc(Cl)cc4)NNC23)ccc1C(F)(F)P(=O)(O)O. The first-order valence-electron chi connectivity index (χ1n) is 13.6. The smallest absolute Gasteiger partial charge is 0.350 e. The van der Waals surface area contributed by atoms with E-state index in [1.165, 1.54) is 17.7 Å². The molecule has 2 aliphatic rings. The van der Waals surface area contributed by atoms with E-state index in [4.69, 9.17) is 21.4 Å². The highest BCUT2D eigenvalue weighted by Crippen LogP contribution is 2.60. The fourth-order valence-corrected chi connectivity index (χ4v) is 6.81. The Morgan fingerprint density at radius 3 is 2.55 bits per heavy atom. The zero-order valence-corrected chi connectivity index (χ0v) is 25.5. The van der Waals surface area contributed by atoms with Gasteiger partial charge in [0, 0.05) is 36.4 Å². The van der Waals surface area contributed by atoms with Crippen LogP contribution in [0.5, 0.6) is 0 Å². The number of rotatable bonds is 11. The van der Waals surface area contributed by atoms with E-state index < -0.39 is 30.4 Å². The number of fused-ring (bicyclic) bond motifs is 1. The fraction of sp³-hybridized carbons (Fsp3) is 0.481. The number of thioether (sulfide) groups is 1. The third-order valence-electron chi connectivity index (χ3n) is 7.26. The van der Waals surface area contributed by atoms with Crippen LogP contribution in [0.15, 0.2) is 42.5 Å². The first kappa shape index (κ1) is 32.8. The summed E-state index contributed by atoms with van der Waals surface area (Å²) in [6.07, 6.45) is 3.10. The van der Waals surface area contributed by atoms with Crippen LogP contribution in [-0.4, -0.2) is 62.9 Å². The van der Waals surface area contributed by atoms with Gasteiger partial charge in [-0.3, -0.25) is 19.1 Å². The number of nitrogens with zero attached hydrogens (tertiary/aromatic N) is 1. The van der Waals surface area contributed by atoms with Crippen molar-refractivity contribution in [2.45, 2.75) is 63.1 Å². The highest BCUT2D eigenvalue weighted by Gasteiger charge is 2.51. The van der Waals surface area contributed by atoms with Gasteiger partial charge in [-0.05, 0) is 61.1 Å². The molecular weight excluding hydrogens is 611 g/mol. The van der Waals surface area contributed by atoms with E-state index in [9.17, 15) is 22.9 Å². The van der Waals surface area contributed by atoms with Gasteiger partial charge in [-0.15, -0.1) is 0 Å². The van der Waals surface area contributed by atoms with E-state index in [2.05, 4.69) is 26.4 Å². The van der Waals surface area contributed by atoms with E-state index >= 15 is 0 Å². The number of halogens is 3. The van der Waals surface area contributed by atoms with Gasteiger partial charge in [0.25, 0.3) is 0 Å². The van der Waals surface area contributed by atoms with Crippen molar-refractivity contribution in [2.24, 2.45) is 0 Å². The quantitative estimate of drug-likeness (QED) is 0.201. The molecule has 2 amide bonds. The highest BCUT2D eigenvalue weighted by atomic mass is 35.5. The molecule has 2 aliphatic heterocycles. The molecule has 0 saturated carbocycles. The summed E-state index contributed by atoms with van der Waals surface area (Å²) in [7, 11) is -5.84. The van der Waals surface area contributed by atoms with Crippen LogP contribution in [0.1, 0.15) is 42.9 Å². The Balaban J connectivity index is 1.34. The summed E-state index contributed by atoms with van der Waals surface area (Å²) < 4.78 is 40.2. The normalized spacial score (nSPS) is 21.4. The molecule has 15 heteroatoms. The number of nitrogens with one attached hydrogen (secondary N) is 4. The molecule has 2 saturated heterocycles. The number of anilines is 1. The average Bonchev–Trinajstić information content (AvgIpc) is 3.21. The van der Waals surface area contributed by atoms with Crippen molar-refractivity contribution >= 4 is 48.5 Å². The first-order chi connectivity index (χ1) is 19.8. The Hall–Kier alpha value is -2.09. The van der Waals surface area contributed by atoms with Crippen molar-refractivity contribution in [3.05, 3.63) is 64.2 Å². The lowest BCUT2D eigenvalue weighted by atomic mass is 10.0. The standard InChI is InChI=1S/C27H35ClF2N5O5PS/c1-17(36)31-22-15-19(7-11-21(22)27(29,30)41(38,39)40)8-12-25(37)32-23-16-42-14-13-35-24(33-34-26(23)35)4-2-3-18-5-9-20(28)10-6-18/h5-7,9-11,15,23-24,26,33-34H,2-4,8,12-14,16H2,1H3,(H,31,36)(H,32,37)(H2,38,39,40). The summed E-state index contributed by atoms with van der Waals surface area (Å²) in [5.41, 5.74) is 2.52. The number of carbonyl (C=O) groups excluding carboxylic acids is 2. The topological polar surface area (TPSA) is 143 Å². The molecule has 0 spiro atoms. The number of alkyl halides is 2. The summed E-state index contributed by atoms with van der Waals surface area (Å²) >= 11 is 7.74. The average molecular weight is 646 g/mol. The zero-order chi connectivity index (χ0) is 30.5. The monoisotopic (exact) mass is 645 g/mol. The lowest BCUT2D eigenvalue weighted by Crippen LogP contribution is -2.55. The molecule has 3 unspecified atom stereocenters. The lowest BCUT2D eigenvalue weighted by Gasteiger charge is -2.30. The van der Waals surface area contributed by atoms with Crippen molar-refractivity contribution in [1.82, 2.24) is 21.1 Å². The Morgan fingerprint density at radius 1 is 1.14 bits per heavy atom. The molecular formula is C27H35ClF2N5O5PS. The summed E-state index contributed by atoms with van der Waals surface area (Å²) in [5, 5.41) is 6.03. The molecule has 230 valence electrons. The maximum atomic E-state index is 14.4. The molecule has 2 aromatic carbocycles. The number of benzene rings is 2. The Kier molecular flexibility index (Phi) is 11.0. The first-order valence-corrected chi connectivity index (χ1v) is 16.7. The van der Waals surface area contributed by atoms with Crippen molar-refractivity contribution in [3.8, 4) is 0 Å². The molecule has 2 aromatic rings. The maximum Gasteiger partial charge on any atom is 0.399 e. The summed E-state index contributed by atoms with van der Waals surface area (Å²) in [5.74, 6) is 0.750. The van der Waals surface area contributed by atoms with Crippen molar-refractivity contribution in [1.29, 1.82) is 0 Å². The number of aryl methyl sites for hydroxylation is 2. The predicted octanol–water partition coefficient (Wildman–Crippen LogP) is 3.77. The second kappa shape index (κ2) is 14.1. The second-order valence-corrected chi connectivity index (χ2v) is 13.6. The highest BCUT2D eigenvalue weighted by molar-refractivity contribution is 7.99. The van der Waals surface area contributed by atoms with Gasteiger partial charge in [0.15, 0.2) is 0 Å². The summed E-state index contributed by atoms with van der Waals surface area (Å²) in [4.78, 5) is 45.1. The molecule has 6 N–H and O–H groups in total. The van der Waals surface area contributed by atoms with Crippen molar-refractivity contribution in [2.75, 3.05) is 23.4 Å². The van der Waals surface area contributed by atoms with E-state index in [1.807, 2.05) is 24.3 Å². The number of amides is 2. The second-order valence-electron chi connectivity index (χ2n) is 10.4. The molecule has 2 fully saturated rings. The van der Waals surface area contributed by atoms with Crippen LogP contribution in [0, 0.1) is 0 Å². The van der Waals surface area contributed by atoms with Crippen LogP contribution in [0.2, 0.25) is 5.02 Å². The van der Waals surface area contributed by atoms with Gasteiger partial charge in [-0.2, -0.15) is 20.5 Å². The number of carbonyl (C=O) groups is 2. The van der Waals surface area contributed by atoms with Gasteiger partial charge in [-0.1, -0.05) is 29.8 Å². The third-order valence-corrected chi connectivity index (χ3v) is 9.55. The molecule has 0 aromatic heterocycles. The summed E-state index contributed by atoms with van der Waals surface area (Å²) in [6, 6.07) is 11.0. The van der Waals surface area contributed by atoms with Crippen LogP contribution in [0.25, 0.3) is 0 Å². The lowest BCUT2D eigenvalue weighted by molar-refractivity contribution is -0.122. The van der Waals surface area contributed by atoms with Crippen molar-refractivity contribution < 1.29 is 32.7 Å². The molecule has 2 heterocycles. The fourth-order valence-electron chi connectivity index (χ4n) is 5.14. The zero-order valence-electron chi connectivity index (χ0n) is 23.0. The maximum absolute atomic E-state index is 14.4. The molecule has 3 atom stereocenters. The van der Waals surface area contributed by atoms with Crippen molar-refractivity contribution in [3.63, 3.8) is 0 Å². The number of hydrogen-bond donors (Lipinski definition) is 6. The predicted molar refractivity (Wildman–Crippen MR) is 159 cm³/mol.